The van der Waals surface area contributed by atoms with Gasteiger partial charge in [0.15, 0.2) is 17.5 Å². The van der Waals surface area contributed by atoms with Crippen LogP contribution >= 0.6 is 22.7 Å². The van der Waals surface area contributed by atoms with Gasteiger partial charge in [0.25, 0.3) is 0 Å². The van der Waals surface area contributed by atoms with Gasteiger partial charge < -0.3 is 4.57 Å². The zero-order chi connectivity index (χ0) is 37.5. The molecule has 266 valence electrons. The lowest BCUT2D eigenvalue weighted by atomic mass is 9.98. The minimum atomic E-state index is 0.664. The molecule has 8 aromatic carbocycles. The summed E-state index contributed by atoms with van der Waals surface area (Å²) in [6, 6.07) is 64.9. The highest BCUT2D eigenvalue weighted by molar-refractivity contribution is 7.26. The van der Waals surface area contributed by atoms with Gasteiger partial charge in [-0.15, -0.1) is 22.7 Å². The Morgan fingerprint density at radius 3 is 1.60 bits per heavy atom. The maximum atomic E-state index is 5.01. The fourth-order valence-corrected chi connectivity index (χ4v) is 10.9. The Balaban J connectivity index is 0.989. The quantitative estimate of drug-likeness (QED) is 0.175. The second-order valence-corrected chi connectivity index (χ2v) is 16.5. The standard InChI is InChI=1S/C51H30N4S2/c1-3-13-31(14-4-1)49-52-50(32-15-5-2-6-16-32)54-51(53-49)34-26-28-40-46(30-34)56-44-24-12-19-35(47(40)44)33-25-27-38-39-20-11-23-43(48(39)57-45(38)29-33)55-41-21-9-7-17-36(41)37-18-8-10-22-42(37)55/h1-30H. The first-order valence-electron chi connectivity index (χ1n) is 19.0. The molecule has 0 aliphatic rings. The highest BCUT2D eigenvalue weighted by Crippen LogP contribution is 2.45. The molecule has 12 rings (SSSR count). The minimum absolute atomic E-state index is 0.664. The van der Waals surface area contributed by atoms with E-state index in [-0.39, 0.29) is 0 Å². The first-order valence-corrected chi connectivity index (χ1v) is 20.7. The van der Waals surface area contributed by atoms with E-state index < -0.39 is 0 Å². The monoisotopic (exact) mass is 762 g/mol. The summed E-state index contributed by atoms with van der Waals surface area (Å²) in [5.41, 5.74) is 9.04. The maximum absolute atomic E-state index is 5.01. The van der Waals surface area contributed by atoms with Crippen molar-refractivity contribution in [1.82, 2.24) is 19.5 Å². The fourth-order valence-electron chi connectivity index (χ4n) is 8.45. The van der Waals surface area contributed by atoms with Crippen LogP contribution in [0.15, 0.2) is 182 Å². The minimum Gasteiger partial charge on any atom is -0.308 e. The summed E-state index contributed by atoms with van der Waals surface area (Å²) < 4.78 is 7.49. The number of hydrogen-bond acceptors (Lipinski definition) is 5. The third kappa shape index (κ3) is 5.15. The van der Waals surface area contributed by atoms with Crippen LogP contribution in [0.1, 0.15) is 0 Å². The predicted molar refractivity (Wildman–Crippen MR) is 242 cm³/mol. The van der Waals surface area contributed by atoms with Gasteiger partial charge in [0.2, 0.25) is 0 Å². The molecule has 12 aromatic rings. The SMILES string of the molecule is c1ccc(-c2nc(-c3ccccc3)nc(-c3ccc4c(c3)sc3cccc(-c5ccc6c(c5)sc5c(-n7c8ccccc8c8ccccc87)cccc56)c34)n2)cc1. The molecule has 57 heavy (non-hydrogen) atoms. The molecule has 0 unspecified atom stereocenters. The number of aromatic nitrogens is 4. The molecule has 0 aliphatic carbocycles. The molecule has 6 heteroatoms. The molecule has 0 bridgehead atoms. The molecule has 0 N–H and O–H groups in total. The number of para-hydroxylation sites is 2. The maximum Gasteiger partial charge on any atom is 0.164 e. The van der Waals surface area contributed by atoms with E-state index in [0.717, 1.165) is 16.7 Å². The van der Waals surface area contributed by atoms with Gasteiger partial charge in [-0.2, -0.15) is 0 Å². The number of thiophene rings is 2. The second-order valence-electron chi connectivity index (χ2n) is 14.4. The highest BCUT2D eigenvalue weighted by atomic mass is 32.1. The summed E-state index contributed by atoms with van der Waals surface area (Å²) in [7, 11) is 0. The Bertz CT molecular complexity index is 3410. The van der Waals surface area contributed by atoms with E-state index in [1.807, 2.05) is 83.3 Å². The largest absolute Gasteiger partial charge is 0.308 e. The van der Waals surface area contributed by atoms with Crippen molar-refractivity contribution in [2.45, 2.75) is 0 Å². The fraction of sp³-hybridized carbons (Fsp3) is 0. The average Bonchev–Trinajstić information content (AvgIpc) is 3.96. The first kappa shape index (κ1) is 32.3. The van der Waals surface area contributed by atoms with Crippen LogP contribution < -0.4 is 0 Å². The Labute approximate surface area is 335 Å². The van der Waals surface area contributed by atoms with E-state index in [1.54, 1.807) is 0 Å². The molecule has 4 heterocycles. The highest BCUT2D eigenvalue weighted by Gasteiger charge is 2.19. The summed E-state index contributed by atoms with van der Waals surface area (Å²) in [6.07, 6.45) is 0. The van der Waals surface area contributed by atoms with Gasteiger partial charge in [-0.05, 0) is 47.5 Å². The van der Waals surface area contributed by atoms with Crippen molar-refractivity contribution in [3.8, 4) is 51.0 Å². The molecule has 4 aromatic heterocycles. The zero-order valence-corrected chi connectivity index (χ0v) is 32.1. The number of fused-ring (bicyclic) bond motifs is 9. The summed E-state index contributed by atoms with van der Waals surface area (Å²) >= 11 is 3.70. The van der Waals surface area contributed by atoms with E-state index in [0.29, 0.717) is 17.5 Å². The van der Waals surface area contributed by atoms with Crippen molar-refractivity contribution in [2.24, 2.45) is 0 Å². The lowest BCUT2D eigenvalue weighted by Gasteiger charge is -2.09. The Hall–Kier alpha value is -6.99. The van der Waals surface area contributed by atoms with Gasteiger partial charge in [-0.3, -0.25) is 0 Å². The van der Waals surface area contributed by atoms with Gasteiger partial charge in [-0.1, -0.05) is 146 Å². The average molecular weight is 763 g/mol. The lowest BCUT2D eigenvalue weighted by Crippen LogP contribution is -1.99. The molecule has 0 radical (unpaired) electrons. The number of benzene rings is 8. The van der Waals surface area contributed by atoms with E-state index in [4.69, 9.17) is 15.0 Å². The van der Waals surface area contributed by atoms with Gasteiger partial charge in [0.1, 0.15) is 0 Å². The normalized spacial score (nSPS) is 11.9. The predicted octanol–water partition coefficient (Wildman–Crippen LogP) is 14.4. The van der Waals surface area contributed by atoms with Crippen molar-refractivity contribution in [1.29, 1.82) is 0 Å². The summed E-state index contributed by atoms with van der Waals surface area (Å²) in [5.74, 6) is 1.99. The molecule has 4 nitrogen and oxygen atoms in total. The van der Waals surface area contributed by atoms with Crippen LogP contribution in [-0.2, 0) is 0 Å². The van der Waals surface area contributed by atoms with Crippen molar-refractivity contribution in [2.75, 3.05) is 0 Å². The van der Waals surface area contributed by atoms with Crippen LogP contribution in [0.4, 0.5) is 0 Å². The van der Waals surface area contributed by atoms with Crippen LogP contribution in [0.25, 0.3) is 113 Å². The molecular weight excluding hydrogens is 733 g/mol. The van der Waals surface area contributed by atoms with Crippen LogP contribution in [0.5, 0.6) is 0 Å². The molecule has 0 spiro atoms. The van der Waals surface area contributed by atoms with Crippen molar-refractivity contribution in [3.63, 3.8) is 0 Å². The Kier molecular flexibility index (Phi) is 7.24. The third-order valence-electron chi connectivity index (χ3n) is 11.1. The Morgan fingerprint density at radius 1 is 0.351 bits per heavy atom. The number of nitrogens with zero attached hydrogens (tertiary/aromatic N) is 4. The van der Waals surface area contributed by atoms with Gasteiger partial charge in [0.05, 0.1) is 21.4 Å². The summed E-state index contributed by atoms with van der Waals surface area (Å²) in [6.45, 7) is 0. The molecule has 0 saturated carbocycles. The van der Waals surface area contributed by atoms with E-state index in [2.05, 4.69) is 126 Å². The third-order valence-corrected chi connectivity index (χ3v) is 13.4. The lowest BCUT2D eigenvalue weighted by molar-refractivity contribution is 1.07. The summed E-state index contributed by atoms with van der Waals surface area (Å²) in [5, 5.41) is 7.64. The molecule has 0 fully saturated rings. The van der Waals surface area contributed by atoms with Crippen LogP contribution in [-0.4, -0.2) is 19.5 Å². The zero-order valence-electron chi connectivity index (χ0n) is 30.4. The molecule has 0 amide bonds. The smallest absolute Gasteiger partial charge is 0.164 e. The van der Waals surface area contributed by atoms with Gasteiger partial charge in [-0.25, -0.2) is 15.0 Å². The Morgan fingerprint density at radius 2 is 0.895 bits per heavy atom. The van der Waals surface area contributed by atoms with Crippen LogP contribution in [0, 0.1) is 0 Å². The van der Waals surface area contributed by atoms with Crippen molar-refractivity contribution < 1.29 is 0 Å². The number of rotatable bonds is 5. The van der Waals surface area contributed by atoms with Crippen molar-refractivity contribution >= 4 is 84.8 Å². The van der Waals surface area contributed by atoms with E-state index in [1.165, 1.54) is 79.0 Å². The molecule has 0 aliphatic heterocycles. The van der Waals surface area contributed by atoms with Crippen LogP contribution in [0.2, 0.25) is 0 Å². The molecule has 0 atom stereocenters. The number of hydrogen-bond donors (Lipinski definition) is 0. The van der Waals surface area contributed by atoms with E-state index in [9.17, 15) is 0 Å². The van der Waals surface area contributed by atoms with Gasteiger partial charge >= 0.3 is 0 Å². The summed E-state index contributed by atoms with van der Waals surface area (Å²) in [4.78, 5) is 14.9. The topological polar surface area (TPSA) is 43.6 Å². The van der Waals surface area contributed by atoms with Gasteiger partial charge in [0, 0.05) is 63.1 Å². The van der Waals surface area contributed by atoms with E-state index >= 15 is 0 Å². The molecule has 0 saturated heterocycles. The van der Waals surface area contributed by atoms with Crippen molar-refractivity contribution in [3.05, 3.63) is 182 Å². The van der Waals surface area contributed by atoms with Crippen LogP contribution in [0.3, 0.4) is 0 Å². The molecular formula is C51H30N4S2. The second kappa shape index (κ2) is 12.8. The first-order chi connectivity index (χ1) is 28.2.